The maximum Gasteiger partial charge on any atom is 0.248 e. The fraction of sp³-hybridized carbons (Fsp3) is 0. The van der Waals surface area contributed by atoms with E-state index in [4.69, 9.17) is 18.8 Å². The molecule has 0 radical (unpaired) electrons. The molecule has 0 saturated heterocycles. The second-order valence-electron chi connectivity index (χ2n) is 15.5. The molecular formula is C56H34N6O2. The Labute approximate surface area is 367 Å². The van der Waals surface area contributed by atoms with Gasteiger partial charge in [0.2, 0.25) is 23.6 Å². The van der Waals surface area contributed by atoms with E-state index in [-0.39, 0.29) is 0 Å². The van der Waals surface area contributed by atoms with Crippen molar-refractivity contribution in [2.24, 2.45) is 0 Å². The van der Waals surface area contributed by atoms with Crippen molar-refractivity contribution in [1.82, 2.24) is 30.4 Å². The molecule has 0 bridgehead atoms. The van der Waals surface area contributed by atoms with Crippen LogP contribution in [0.1, 0.15) is 0 Å². The summed E-state index contributed by atoms with van der Waals surface area (Å²) in [7, 11) is 0. The Morgan fingerprint density at radius 3 is 0.906 bits per heavy atom. The van der Waals surface area contributed by atoms with Gasteiger partial charge < -0.3 is 8.83 Å². The number of nitrogens with zero attached hydrogens (tertiary/aromatic N) is 6. The van der Waals surface area contributed by atoms with Gasteiger partial charge in [-0.1, -0.05) is 146 Å². The molecule has 0 fully saturated rings. The van der Waals surface area contributed by atoms with Gasteiger partial charge in [0, 0.05) is 33.4 Å². The van der Waals surface area contributed by atoms with Gasteiger partial charge in [-0.2, -0.15) is 0 Å². The number of hydrogen-bond acceptors (Lipinski definition) is 8. The van der Waals surface area contributed by atoms with E-state index in [0.29, 0.717) is 23.6 Å². The summed E-state index contributed by atoms with van der Waals surface area (Å²) in [4.78, 5) is 10.8. The zero-order valence-corrected chi connectivity index (χ0v) is 34.1. The largest absolute Gasteiger partial charge is 0.416 e. The zero-order valence-electron chi connectivity index (χ0n) is 34.1. The summed E-state index contributed by atoms with van der Waals surface area (Å²) in [5.74, 6) is 1.94. The van der Waals surface area contributed by atoms with Gasteiger partial charge in [0.15, 0.2) is 0 Å². The molecule has 0 aliphatic heterocycles. The van der Waals surface area contributed by atoms with Gasteiger partial charge in [-0.15, -0.1) is 20.4 Å². The molecule has 300 valence electrons. The highest BCUT2D eigenvalue weighted by Crippen LogP contribution is 2.42. The summed E-state index contributed by atoms with van der Waals surface area (Å²) in [6.07, 6.45) is 0. The van der Waals surface area contributed by atoms with Crippen molar-refractivity contribution in [3.63, 3.8) is 0 Å². The summed E-state index contributed by atoms with van der Waals surface area (Å²) >= 11 is 0. The molecule has 0 unspecified atom stereocenters. The van der Waals surface area contributed by atoms with Crippen LogP contribution in [0, 0.1) is 0 Å². The highest BCUT2D eigenvalue weighted by atomic mass is 16.4. The first-order valence-corrected chi connectivity index (χ1v) is 21.0. The number of fused-ring (bicyclic) bond motifs is 3. The predicted molar refractivity (Wildman–Crippen MR) is 254 cm³/mol. The van der Waals surface area contributed by atoms with Crippen LogP contribution in [0.3, 0.4) is 0 Å². The Kier molecular flexibility index (Phi) is 8.97. The summed E-state index contributed by atoms with van der Waals surface area (Å²) in [5, 5.41) is 21.6. The molecule has 0 N–H and O–H groups in total. The van der Waals surface area contributed by atoms with Crippen LogP contribution in [0.2, 0.25) is 0 Å². The van der Waals surface area contributed by atoms with Crippen LogP contribution in [0.25, 0.3) is 123 Å². The van der Waals surface area contributed by atoms with E-state index in [0.717, 1.165) is 99.6 Å². The quantitative estimate of drug-likeness (QED) is 0.149. The highest BCUT2D eigenvalue weighted by molar-refractivity contribution is 6.09. The van der Waals surface area contributed by atoms with E-state index in [1.807, 2.05) is 109 Å². The molecule has 9 aromatic carbocycles. The second kappa shape index (κ2) is 15.5. The molecule has 12 rings (SSSR count). The summed E-state index contributed by atoms with van der Waals surface area (Å²) < 4.78 is 12.1. The van der Waals surface area contributed by atoms with Gasteiger partial charge in [-0.25, -0.2) is 9.97 Å². The van der Waals surface area contributed by atoms with E-state index in [9.17, 15) is 0 Å². The normalized spacial score (nSPS) is 11.4. The number of rotatable bonds is 8. The average molecular weight is 823 g/mol. The lowest BCUT2D eigenvalue weighted by atomic mass is 9.91. The number of para-hydroxylation sites is 2. The molecule has 0 aliphatic rings. The van der Waals surface area contributed by atoms with Crippen LogP contribution in [-0.2, 0) is 0 Å². The third-order valence-electron chi connectivity index (χ3n) is 11.7. The molecule has 64 heavy (non-hydrogen) atoms. The fourth-order valence-corrected chi connectivity index (χ4v) is 8.57. The summed E-state index contributed by atoms with van der Waals surface area (Å²) in [6.45, 7) is 0. The van der Waals surface area contributed by atoms with E-state index in [2.05, 4.69) is 117 Å². The minimum absolute atomic E-state index is 0.477. The van der Waals surface area contributed by atoms with Crippen LogP contribution in [0.5, 0.6) is 0 Å². The molecule has 8 nitrogen and oxygen atoms in total. The molecule has 0 atom stereocenters. The first-order chi connectivity index (χ1) is 31.7. The van der Waals surface area contributed by atoms with Crippen molar-refractivity contribution >= 4 is 32.6 Å². The SMILES string of the molecule is c1ccc(-c2nnc(-c3ccc(-c4cccc5c(-c6nc7ccccc7nc6-c6cccc7c(-c8ccc(-c9nnc(-c%10ccccc%10)o9)cc8)cccc67)cccc45)cc3)o2)cc1. The van der Waals surface area contributed by atoms with Gasteiger partial charge in [-0.05, 0) is 104 Å². The second-order valence-corrected chi connectivity index (χ2v) is 15.5. The Balaban J connectivity index is 0.928. The molecule has 0 amide bonds. The van der Waals surface area contributed by atoms with E-state index >= 15 is 0 Å². The predicted octanol–water partition coefficient (Wildman–Crippen LogP) is 14.0. The summed E-state index contributed by atoms with van der Waals surface area (Å²) in [6, 6.07) is 70.1. The van der Waals surface area contributed by atoms with Crippen LogP contribution in [0.4, 0.5) is 0 Å². The molecule has 3 heterocycles. The van der Waals surface area contributed by atoms with Crippen molar-refractivity contribution in [3.8, 4) is 90.6 Å². The average Bonchev–Trinajstić information content (AvgIpc) is 4.08. The van der Waals surface area contributed by atoms with Crippen molar-refractivity contribution < 1.29 is 8.83 Å². The maximum atomic E-state index is 6.06. The fourth-order valence-electron chi connectivity index (χ4n) is 8.57. The van der Waals surface area contributed by atoms with E-state index < -0.39 is 0 Å². The monoisotopic (exact) mass is 822 g/mol. The van der Waals surface area contributed by atoms with Crippen LogP contribution in [0.15, 0.2) is 215 Å². The van der Waals surface area contributed by atoms with Gasteiger partial charge >= 0.3 is 0 Å². The lowest BCUT2D eigenvalue weighted by Gasteiger charge is -2.16. The first-order valence-electron chi connectivity index (χ1n) is 21.0. The van der Waals surface area contributed by atoms with Gasteiger partial charge in [-0.3, -0.25) is 0 Å². The Hall–Kier alpha value is -8.88. The standard InChI is InChI=1S/C56H34N6O2/c1-3-13-37(14-4-1)53-59-61-55(63-53)39-31-27-35(28-32-39)41-17-9-21-45-43(41)19-11-23-47(45)51-52(58-50-26-8-7-25-49(50)57-51)48-24-12-20-44-42(18-10-22-46(44)48)36-29-33-40(34-30-36)56-62-60-54(64-56)38-15-5-2-6-16-38/h1-34H. The van der Waals surface area contributed by atoms with Crippen molar-refractivity contribution in [3.05, 3.63) is 206 Å². The van der Waals surface area contributed by atoms with Crippen LogP contribution >= 0.6 is 0 Å². The van der Waals surface area contributed by atoms with Gasteiger partial charge in [0.05, 0.1) is 22.4 Å². The Bertz CT molecular complexity index is 3420. The van der Waals surface area contributed by atoms with Gasteiger partial charge in [0.1, 0.15) is 0 Å². The highest BCUT2D eigenvalue weighted by Gasteiger charge is 2.20. The molecular weight excluding hydrogens is 789 g/mol. The van der Waals surface area contributed by atoms with Crippen molar-refractivity contribution in [1.29, 1.82) is 0 Å². The topological polar surface area (TPSA) is 104 Å². The number of hydrogen-bond donors (Lipinski definition) is 0. The van der Waals surface area contributed by atoms with Crippen molar-refractivity contribution in [2.75, 3.05) is 0 Å². The Morgan fingerprint density at radius 2 is 0.531 bits per heavy atom. The van der Waals surface area contributed by atoms with Crippen molar-refractivity contribution in [2.45, 2.75) is 0 Å². The summed E-state index contributed by atoms with van der Waals surface area (Å²) in [5.41, 5.74) is 13.1. The van der Waals surface area contributed by atoms with Crippen LogP contribution in [-0.4, -0.2) is 30.4 Å². The smallest absolute Gasteiger partial charge is 0.248 e. The minimum Gasteiger partial charge on any atom is -0.416 e. The maximum absolute atomic E-state index is 6.06. The van der Waals surface area contributed by atoms with Gasteiger partial charge in [0.25, 0.3) is 0 Å². The number of aromatic nitrogens is 6. The number of benzene rings is 9. The molecule has 3 aromatic heterocycles. The molecule has 12 aromatic rings. The minimum atomic E-state index is 0.477. The lowest BCUT2D eigenvalue weighted by Crippen LogP contribution is -1.97. The third kappa shape index (κ3) is 6.58. The van der Waals surface area contributed by atoms with Crippen LogP contribution < -0.4 is 0 Å². The molecule has 0 saturated carbocycles. The molecule has 0 aliphatic carbocycles. The first kappa shape index (κ1) is 36.9. The molecule has 0 spiro atoms. The van der Waals surface area contributed by atoms with E-state index in [1.165, 1.54) is 0 Å². The molecule has 8 heteroatoms. The Morgan fingerprint density at radius 1 is 0.234 bits per heavy atom. The van der Waals surface area contributed by atoms with E-state index in [1.54, 1.807) is 0 Å². The lowest BCUT2D eigenvalue weighted by molar-refractivity contribution is 0.584. The zero-order chi connectivity index (χ0) is 42.4. The third-order valence-corrected chi connectivity index (χ3v) is 11.7.